The van der Waals surface area contributed by atoms with Crippen LogP contribution in [0.3, 0.4) is 0 Å². The SMILES string of the molecule is CNS(=O)(=O)c1ccc2c(c1)N(Cc1ccc3cn[nH]c3c1)CC2. The molecule has 1 aliphatic rings. The molecular weight excluding hydrogens is 324 g/mol. The van der Waals surface area contributed by atoms with Crippen molar-refractivity contribution in [2.45, 2.75) is 17.9 Å². The average Bonchev–Trinajstić information content (AvgIpc) is 3.21. The number of nitrogens with zero attached hydrogens (tertiary/aromatic N) is 2. The Morgan fingerprint density at radius 1 is 1.25 bits per heavy atom. The van der Waals surface area contributed by atoms with E-state index in [1.165, 1.54) is 18.2 Å². The number of anilines is 1. The van der Waals surface area contributed by atoms with E-state index in [9.17, 15) is 8.42 Å². The number of aromatic nitrogens is 2. The van der Waals surface area contributed by atoms with Crippen molar-refractivity contribution in [2.24, 2.45) is 0 Å². The lowest BCUT2D eigenvalue weighted by molar-refractivity contribution is 0.588. The first-order valence-electron chi connectivity index (χ1n) is 7.80. The van der Waals surface area contributed by atoms with Gasteiger partial charge in [-0.2, -0.15) is 5.10 Å². The molecule has 0 saturated heterocycles. The first kappa shape index (κ1) is 15.2. The molecule has 2 heterocycles. The molecule has 0 bridgehead atoms. The van der Waals surface area contributed by atoms with Crippen LogP contribution in [0.15, 0.2) is 47.5 Å². The molecule has 0 radical (unpaired) electrons. The zero-order chi connectivity index (χ0) is 16.7. The lowest BCUT2D eigenvalue weighted by Crippen LogP contribution is -2.21. The highest BCUT2D eigenvalue weighted by molar-refractivity contribution is 7.89. The zero-order valence-electron chi connectivity index (χ0n) is 13.3. The molecule has 0 amide bonds. The second-order valence-corrected chi connectivity index (χ2v) is 7.85. The van der Waals surface area contributed by atoms with E-state index in [4.69, 9.17) is 0 Å². The Labute approximate surface area is 140 Å². The highest BCUT2D eigenvalue weighted by atomic mass is 32.2. The quantitative estimate of drug-likeness (QED) is 0.760. The van der Waals surface area contributed by atoms with Gasteiger partial charge in [0.05, 0.1) is 16.6 Å². The topological polar surface area (TPSA) is 78.1 Å². The minimum atomic E-state index is -3.43. The summed E-state index contributed by atoms with van der Waals surface area (Å²) in [4.78, 5) is 2.53. The number of rotatable bonds is 4. The predicted octanol–water partition coefficient (Wildman–Crippen LogP) is 2.03. The second-order valence-electron chi connectivity index (χ2n) is 5.96. The summed E-state index contributed by atoms with van der Waals surface area (Å²) in [7, 11) is -2.00. The Morgan fingerprint density at radius 2 is 2.12 bits per heavy atom. The van der Waals surface area contributed by atoms with Crippen LogP contribution in [-0.2, 0) is 23.0 Å². The van der Waals surface area contributed by atoms with Crippen LogP contribution in [0.5, 0.6) is 0 Å². The number of hydrogen-bond donors (Lipinski definition) is 2. The molecule has 0 aliphatic carbocycles. The summed E-state index contributed by atoms with van der Waals surface area (Å²) in [5, 5.41) is 8.12. The van der Waals surface area contributed by atoms with Gasteiger partial charge in [-0.15, -0.1) is 0 Å². The summed E-state index contributed by atoms with van der Waals surface area (Å²) in [5.41, 5.74) is 4.36. The minimum Gasteiger partial charge on any atom is -0.367 e. The number of hydrogen-bond acceptors (Lipinski definition) is 4. The molecular formula is C17H18N4O2S. The molecule has 3 aromatic rings. The maximum Gasteiger partial charge on any atom is 0.240 e. The van der Waals surface area contributed by atoms with E-state index in [-0.39, 0.29) is 0 Å². The first-order valence-corrected chi connectivity index (χ1v) is 9.28. The molecule has 0 unspecified atom stereocenters. The third-order valence-corrected chi connectivity index (χ3v) is 5.92. The van der Waals surface area contributed by atoms with Gasteiger partial charge >= 0.3 is 0 Å². The summed E-state index contributed by atoms with van der Waals surface area (Å²) in [6, 6.07) is 11.6. The van der Waals surface area contributed by atoms with E-state index in [0.717, 1.165) is 36.1 Å². The summed E-state index contributed by atoms with van der Waals surface area (Å²) in [6.07, 6.45) is 2.74. The van der Waals surface area contributed by atoms with Crippen LogP contribution in [-0.4, -0.2) is 32.2 Å². The highest BCUT2D eigenvalue weighted by Crippen LogP contribution is 2.32. The normalized spacial score (nSPS) is 14.3. The van der Waals surface area contributed by atoms with Crippen molar-refractivity contribution in [1.29, 1.82) is 0 Å². The number of nitrogens with one attached hydrogen (secondary N) is 2. The monoisotopic (exact) mass is 342 g/mol. The molecule has 0 spiro atoms. The van der Waals surface area contributed by atoms with Crippen LogP contribution in [0, 0.1) is 0 Å². The molecule has 2 aromatic carbocycles. The van der Waals surface area contributed by atoms with Gasteiger partial charge in [0.25, 0.3) is 0 Å². The lowest BCUT2D eigenvalue weighted by Gasteiger charge is -2.20. The van der Waals surface area contributed by atoms with Crippen LogP contribution in [0.25, 0.3) is 10.9 Å². The standard InChI is InChI=1S/C17H18N4O2S/c1-18-24(22,23)15-5-4-13-6-7-21(17(13)9-15)11-12-2-3-14-10-19-20-16(14)8-12/h2-5,8-10,18H,6-7,11H2,1H3,(H,19,20). The van der Waals surface area contributed by atoms with E-state index in [2.05, 4.69) is 32.0 Å². The van der Waals surface area contributed by atoms with Crippen LogP contribution in [0.2, 0.25) is 0 Å². The van der Waals surface area contributed by atoms with Gasteiger partial charge in [-0.05, 0) is 42.8 Å². The molecule has 124 valence electrons. The maximum atomic E-state index is 12.0. The molecule has 4 rings (SSSR count). The Kier molecular flexibility index (Phi) is 3.54. The van der Waals surface area contributed by atoms with Crippen molar-refractivity contribution in [3.8, 4) is 0 Å². The predicted molar refractivity (Wildman–Crippen MR) is 93.5 cm³/mol. The molecule has 0 fully saturated rings. The third kappa shape index (κ3) is 2.55. The van der Waals surface area contributed by atoms with Gasteiger partial charge in [0, 0.05) is 24.2 Å². The van der Waals surface area contributed by atoms with E-state index < -0.39 is 10.0 Å². The highest BCUT2D eigenvalue weighted by Gasteiger charge is 2.22. The molecule has 2 N–H and O–H groups in total. The van der Waals surface area contributed by atoms with Gasteiger partial charge in [-0.25, -0.2) is 13.1 Å². The number of fused-ring (bicyclic) bond motifs is 2. The summed E-state index contributed by atoms with van der Waals surface area (Å²) >= 11 is 0. The van der Waals surface area contributed by atoms with E-state index in [1.54, 1.807) is 18.3 Å². The fraction of sp³-hybridized carbons (Fsp3) is 0.235. The summed E-state index contributed by atoms with van der Waals surface area (Å²) < 4.78 is 26.5. The van der Waals surface area contributed by atoms with E-state index in [0.29, 0.717) is 4.90 Å². The number of sulfonamides is 1. The van der Waals surface area contributed by atoms with Gasteiger partial charge in [0.1, 0.15) is 0 Å². The molecule has 0 atom stereocenters. The van der Waals surface area contributed by atoms with Crippen LogP contribution in [0.1, 0.15) is 11.1 Å². The second kappa shape index (κ2) is 5.61. The number of benzene rings is 2. The Hall–Kier alpha value is -2.38. The van der Waals surface area contributed by atoms with Crippen molar-refractivity contribution in [3.05, 3.63) is 53.7 Å². The fourth-order valence-electron chi connectivity index (χ4n) is 3.18. The molecule has 6 nitrogen and oxygen atoms in total. The van der Waals surface area contributed by atoms with Crippen molar-refractivity contribution in [2.75, 3.05) is 18.5 Å². The molecule has 24 heavy (non-hydrogen) atoms. The zero-order valence-corrected chi connectivity index (χ0v) is 14.1. The van der Waals surface area contributed by atoms with E-state index in [1.807, 2.05) is 12.1 Å². The van der Waals surface area contributed by atoms with E-state index >= 15 is 0 Å². The molecule has 1 aromatic heterocycles. The number of aromatic amines is 1. The average molecular weight is 342 g/mol. The summed E-state index contributed by atoms with van der Waals surface area (Å²) in [6.45, 7) is 1.63. The third-order valence-electron chi connectivity index (χ3n) is 4.51. The Bertz CT molecular complexity index is 1010. The Balaban J connectivity index is 1.66. The number of H-pyrrole nitrogens is 1. The molecule has 0 saturated carbocycles. The van der Waals surface area contributed by atoms with Crippen LogP contribution >= 0.6 is 0 Å². The van der Waals surface area contributed by atoms with Crippen LogP contribution < -0.4 is 9.62 Å². The fourth-order valence-corrected chi connectivity index (χ4v) is 3.93. The minimum absolute atomic E-state index is 0.305. The van der Waals surface area contributed by atoms with Crippen LogP contribution in [0.4, 0.5) is 5.69 Å². The molecule has 1 aliphatic heterocycles. The largest absolute Gasteiger partial charge is 0.367 e. The van der Waals surface area contributed by atoms with Gasteiger partial charge in [-0.3, -0.25) is 5.10 Å². The van der Waals surface area contributed by atoms with Crippen molar-refractivity contribution < 1.29 is 8.42 Å². The summed E-state index contributed by atoms with van der Waals surface area (Å²) in [5.74, 6) is 0. The van der Waals surface area contributed by atoms with Gasteiger partial charge < -0.3 is 4.90 Å². The van der Waals surface area contributed by atoms with Gasteiger partial charge in [0.2, 0.25) is 10.0 Å². The Morgan fingerprint density at radius 3 is 2.96 bits per heavy atom. The smallest absolute Gasteiger partial charge is 0.240 e. The first-order chi connectivity index (χ1) is 11.6. The van der Waals surface area contributed by atoms with Gasteiger partial charge in [-0.1, -0.05) is 18.2 Å². The van der Waals surface area contributed by atoms with Crippen molar-refractivity contribution in [3.63, 3.8) is 0 Å². The van der Waals surface area contributed by atoms with Gasteiger partial charge in [0.15, 0.2) is 0 Å². The molecule has 7 heteroatoms. The maximum absolute atomic E-state index is 12.0. The van der Waals surface area contributed by atoms with Crippen molar-refractivity contribution in [1.82, 2.24) is 14.9 Å². The lowest BCUT2D eigenvalue weighted by atomic mass is 10.1. The van der Waals surface area contributed by atoms with Crippen molar-refractivity contribution >= 4 is 26.6 Å².